The fourth-order valence-electron chi connectivity index (χ4n) is 3.21. The SMILES string of the molecule is CN(Cc1ccc2c(c1)OCCO2)C(=O)c1cccc(OCc2ccccc2)c1. The van der Waals surface area contributed by atoms with E-state index >= 15 is 0 Å². The van der Waals surface area contributed by atoms with Gasteiger partial charge in [0.2, 0.25) is 0 Å². The molecule has 148 valence electrons. The van der Waals surface area contributed by atoms with Crippen LogP contribution in [0.5, 0.6) is 17.2 Å². The molecule has 0 aliphatic carbocycles. The number of hydrogen-bond donors (Lipinski definition) is 0. The van der Waals surface area contributed by atoms with E-state index in [9.17, 15) is 4.79 Å². The third kappa shape index (κ3) is 4.69. The molecular weight excluding hydrogens is 366 g/mol. The Labute approximate surface area is 170 Å². The Morgan fingerprint density at radius 3 is 2.52 bits per heavy atom. The van der Waals surface area contributed by atoms with Crippen molar-refractivity contribution in [3.05, 3.63) is 89.5 Å². The molecule has 0 fully saturated rings. The topological polar surface area (TPSA) is 48.0 Å². The monoisotopic (exact) mass is 389 g/mol. The summed E-state index contributed by atoms with van der Waals surface area (Å²) < 4.78 is 17.0. The van der Waals surface area contributed by atoms with Crippen LogP contribution < -0.4 is 14.2 Å². The summed E-state index contributed by atoms with van der Waals surface area (Å²) in [4.78, 5) is 14.6. The van der Waals surface area contributed by atoms with Gasteiger partial charge in [-0.2, -0.15) is 0 Å². The van der Waals surface area contributed by atoms with Crippen molar-refractivity contribution in [2.75, 3.05) is 20.3 Å². The molecule has 1 heterocycles. The van der Waals surface area contributed by atoms with Crippen molar-refractivity contribution in [2.24, 2.45) is 0 Å². The minimum absolute atomic E-state index is 0.0648. The summed E-state index contributed by atoms with van der Waals surface area (Å²) in [6.07, 6.45) is 0. The molecule has 29 heavy (non-hydrogen) atoms. The smallest absolute Gasteiger partial charge is 0.254 e. The second-order valence-electron chi connectivity index (χ2n) is 6.94. The van der Waals surface area contributed by atoms with Crippen molar-refractivity contribution in [1.82, 2.24) is 4.90 Å². The Morgan fingerprint density at radius 2 is 1.69 bits per heavy atom. The first-order valence-corrected chi connectivity index (χ1v) is 9.60. The molecule has 5 nitrogen and oxygen atoms in total. The molecule has 0 saturated carbocycles. The normalized spacial score (nSPS) is 12.3. The van der Waals surface area contributed by atoms with E-state index in [1.54, 1.807) is 24.1 Å². The van der Waals surface area contributed by atoms with E-state index < -0.39 is 0 Å². The lowest BCUT2D eigenvalue weighted by Gasteiger charge is -2.21. The number of hydrogen-bond acceptors (Lipinski definition) is 4. The van der Waals surface area contributed by atoms with Gasteiger partial charge >= 0.3 is 0 Å². The fraction of sp³-hybridized carbons (Fsp3) is 0.208. The van der Waals surface area contributed by atoms with Crippen molar-refractivity contribution in [1.29, 1.82) is 0 Å². The summed E-state index contributed by atoms with van der Waals surface area (Å²) in [5.74, 6) is 2.08. The van der Waals surface area contributed by atoms with Crippen LogP contribution in [0.15, 0.2) is 72.8 Å². The molecule has 0 aromatic heterocycles. The van der Waals surface area contributed by atoms with E-state index in [0.717, 1.165) is 22.6 Å². The van der Waals surface area contributed by atoms with E-state index in [4.69, 9.17) is 14.2 Å². The third-order valence-corrected chi connectivity index (χ3v) is 4.70. The van der Waals surface area contributed by atoms with Crippen LogP contribution in [0.4, 0.5) is 0 Å². The molecule has 0 radical (unpaired) electrons. The Kier molecular flexibility index (Phi) is 5.66. The average Bonchev–Trinajstić information content (AvgIpc) is 2.78. The molecule has 1 aliphatic heterocycles. The first-order valence-electron chi connectivity index (χ1n) is 9.60. The van der Waals surface area contributed by atoms with Gasteiger partial charge in [0.05, 0.1) is 0 Å². The predicted molar refractivity (Wildman–Crippen MR) is 110 cm³/mol. The van der Waals surface area contributed by atoms with Crippen LogP contribution in [0.2, 0.25) is 0 Å². The van der Waals surface area contributed by atoms with E-state index in [-0.39, 0.29) is 5.91 Å². The molecule has 0 atom stereocenters. The molecule has 5 heteroatoms. The summed E-state index contributed by atoms with van der Waals surface area (Å²) in [5, 5.41) is 0. The Bertz CT molecular complexity index is 987. The minimum Gasteiger partial charge on any atom is -0.489 e. The molecular formula is C24H23NO4. The zero-order chi connectivity index (χ0) is 20.1. The first kappa shape index (κ1) is 18.9. The van der Waals surface area contributed by atoms with Crippen LogP contribution in [-0.2, 0) is 13.2 Å². The van der Waals surface area contributed by atoms with Gasteiger partial charge in [-0.25, -0.2) is 0 Å². The molecule has 0 N–H and O–H groups in total. The van der Waals surface area contributed by atoms with Gasteiger partial charge in [0.1, 0.15) is 25.6 Å². The Balaban J connectivity index is 1.40. The van der Waals surface area contributed by atoms with Crippen LogP contribution in [-0.4, -0.2) is 31.1 Å². The van der Waals surface area contributed by atoms with Crippen LogP contribution in [0.25, 0.3) is 0 Å². The lowest BCUT2D eigenvalue weighted by Crippen LogP contribution is -2.26. The molecule has 0 unspecified atom stereocenters. The van der Waals surface area contributed by atoms with E-state index in [0.29, 0.717) is 37.7 Å². The standard InChI is InChI=1S/C24H23NO4/c1-25(16-19-10-11-22-23(14-19)28-13-12-27-22)24(26)20-8-5-9-21(15-20)29-17-18-6-3-2-4-7-18/h2-11,14-15H,12-13,16-17H2,1H3. The highest BCUT2D eigenvalue weighted by Crippen LogP contribution is 2.31. The molecule has 1 aliphatic rings. The van der Waals surface area contributed by atoms with Gasteiger partial charge in [-0.3, -0.25) is 4.79 Å². The van der Waals surface area contributed by atoms with Crippen molar-refractivity contribution < 1.29 is 19.0 Å². The third-order valence-electron chi connectivity index (χ3n) is 4.70. The summed E-state index contributed by atoms with van der Waals surface area (Å²) in [5.41, 5.74) is 2.66. The van der Waals surface area contributed by atoms with Crippen molar-refractivity contribution >= 4 is 5.91 Å². The van der Waals surface area contributed by atoms with Gasteiger partial charge in [-0.1, -0.05) is 42.5 Å². The highest BCUT2D eigenvalue weighted by molar-refractivity contribution is 5.94. The number of ether oxygens (including phenoxy) is 3. The van der Waals surface area contributed by atoms with Gasteiger partial charge < -0.3 is 19.1 Å². The highest BCUT2D eigenvalue weighted by Gasteiger charge is 2.16. The van der Waals surface area contributed by atoms with Crippen LogP contribution in [0, 0.1) is 0 Å². The van der Waals surface area contributed by atoms with Gasteiger partial charge in [-0.05, 0) is 41.5 Å². The Morgan fingerprint density at radius 1 is 0.897 bits per heavy atom. The highest BCUT2D eigenvalue weighted by atomic mass is 16.6. The number of carbonyl (C=O) groups excluding carboxylic acids is 1. The minimum atomic E-state index is -0.0648. The molecule has 0 spiro atoms. The largest absolute Gasteiger partial charge is 0.489 e. The van der Waals surface area contributed by atoms with Crippen molar-refractivity contribution in [3.63, 3.8) is 0 Å². The van der Waals surface area contributed by atoms with Gasteiger partial charge in [0, 0.05) is 19.2 Å². The number of benzene rings is 3. The fourth-order valence-corrected chi connectivity index (χ4v) is 3.21. The number of fused-ring (bicyclic) bond motifs is 1. The van der Waals surface area contributed by atoms with Gasteiger partial charge in [-0.15, -0.1) is 0 Å². The maximum atomic E-state index is 12.9. The second kappa shape index (κ2) is 8.69. The molecule has 3 aromatic carbocycles. The zero-order valence-electron chi connectivity index (χ0n) is 16.3. The lowest BCUT2D eigenvalue weighted by atomic mass is 10.1. The first-order chi connectivity index (χ1) is 14.2. The maximum Gasteiger partial charge on any atom is 0.254 e. The number of rotatable bonds is 6. The predicted octanol–water partition coefficient (Wildman–Crippen LogP) is 4.31. The van der Waals surface area contributed by atoms with Crippen LogP contribution in [0.3, 0.4) is 0 Å². The molecule has 0 bridgehead atoms. The van der Waals surface area contributed by atoms with Gasteiger partial charge in [0.15, 0.2) is 11.5 Å². The quantitative estimate of drug-likeness (QED) is 0.630. The number of carbonyl (C=O) groups is 1. The average molecular weight is 389 g/mol. The lowest BCUT2D eigenvalue weighted by molar-refractivity contribution is 0.0784. The molecule has 3 aromatic rings. The summed E-state index contributed by atoms with van der Waals surface area (Å²) in [6.45, 7) is 2.05. The molecule has 4 rings (SSSR count). The number of nitrogens with zero attached hydrogens (tertiary/aromatic N) is 1. The summed E-state index contributed by atoms with van der Waals surface area (Å²) in [7, 11) is 1.79. The summed E-state index contributed by atoms with van der Waals surface area (Å²) in [6, 6.07) is 23.0. The number of amides is 1. The van der Waals surface area contributed by atoms with Crippen molar-refractivity contribution in [3.8, 4) is 17.2 Å². The van der Waals surface area contributed by atoms with Crippen LogP contribution >= 0.6 is 0 Å². The zero-order valence-corrected chi connectivity index (χ0v) is 16.3. The second-order valence-corrected chi connectivity index (χ2v) is 6.94. The van der Waals surface area contributed by atoms with Gasteiger partial charge in [0.25, 0.3) is 5.91 Å². The maximum absolute atomic E-state index is 12.9. The molecule has 1 amide bonds. The Hall–Kier alpha value is -3.47. The van der Waals surface area contributed by atoms with E-state index in [1.807, 2.05) is 60.7 Å². The summed E-state index contributed by atoms with van der Waals surface area (Å²) >= 11 is 0. The van der Waals surface area contributed by atoms with Crippen LogP contribution in [0.1, 0.15) is 21.5 Å². The van der Waals surface area contributed by atoms with E-state index in [1.165, 1.54) is 0 Å². The van der Waals surface area contributed by atoms with E-state index in [2.05, 4.69) is 0 Å². The van der Waals surface area contributed by atoms with Crippen molar-refractivity contribution in [2.45, 2.75) is 13.2 Å². The molecule has 0 saturated heterocycles.